The van der Waals surface area contributed by atoms with Gasteiger partial charge in [-0.15, -0.1) is 0 Å². The molecule has 0 amide bonds. The Morgan fingerprint density at radius 2 is 1.67 bits per heavy atom. The topological polar surface area (TPSA) is 0 Å². The third-order valence-corrected chi connectivity index (χ3v) is 7.67. The van der Waals surface area contributed by atoms with Gasteiger partial charge in [0.1, 0.15) is 0 Å². The second-order valence-corrected chi connectivity index (χ2v) is 7.92. The van der Waals surface area contributed by atoms with E-state index in [1.807, 2.05) is 0 Å². The molecule has 7 atom stereocenters. The minimum absolute atomic E-state index is 0.627. The Hall–Kier alpha value is 0. The molecule has 0 aromatic heterocycles. The predicted molar refractivity (Wildman–Crippen MR) is 62.4 cm³/mol. The van der Waals surface area contributed by atoms with Gasteiger partial charge in [-0.2, -0.15) is 0 Å². The molecule has 0 aromatic carbocycles. The molecule has 4 aliphatic carbocycles. The summed E-state index contributed by atoms with van der Waals surface area (Å²) in [5, 5.41) is 0. The lowest BCUT2D eigenvalue weighted by molar-refractivity contribution is -0.114. The molecule has 4 fully saturated rings. The number of hydrogen-bond acceptors (Lipinski definition) is 0. The van der Waals surface area contributed by atoms with Crippen LogP contribution in [-0.4, -0.2) is 0 Å². The molecule has 15 heavy (non-hydrogen) atoms. The van der Waals surface area contributed by atoms with Crippen LogP contribution in [0.3, 0.4) is 0 Å². The van der Waals surface area contributed by atoms with Gasteiger partial charge < -0.3 is 0 Å². The molecule has 0 spiro atoms. The molecule has 4 rings (SSSR count). The minimum atomic E-state index is 0.627. The fourth-order valence-corrected chi connectivity index (χ4v) is 6.73. The van der Waals surface area contributed by atoms with Crippen molar-refractivity contribution in [3.63, 3.8) is 0 Å². The molecule has 4 saturated carbocycles. The Bertz CT molecular complexity index is 329. The smallest absolute Gasteiger partial charge is 0.0235 e. The molecular weight excluding hydrogens is 180 g/mol. The van der Waals surface area contributed by atoms with Gasteiger partial charge in [-0.05, 0) is 65.6 Å². The summed E-state index contributed by atoms with van der Waals surface area (Å²) in [6.07, 6.45) is 4.69. The van der Waals surface area contributed by atoms with E-state index in [0.29, 0.717) is 10.8 Å². The summed E-state index contributed by atoms with van der Waals surface area (Å²) < 4.78 is 0. The molecule has 7 unspecified atom stereocenters. The van der Waals surface area contributed by atoms with Crippen LogP contribution in [0.1, 0.15) is 47.0 Å². The molecule has 0 radical (unpaired) electrons. The number of rotatable bonds is 0. The van der Waals surface area contributed by atoms with E-state index in [1.165, 1.54) is 6.42 Å². The van der Waals surface area contributed by atoms with Crippen molar-refractivity contribution in [2.45, 2.75) is 47.0 Å². The molecule has 0 aliphatic heterocycles. The first kappa shape index (κ1) is 9.07. The largest absolute Gasteiger partial charge is 0.0622 e. The molecule has 0 aromatic rings. The van der Waals surface area contributed by atoms with Gasteiger partial charge in [0.15, 0.2) is 0 Å². The Morgan fingerprint density at radius 1 is 1.00 bits per heavy atom. The van der Waals surface area contributed by atoms with Crippen molar-refractivity contribution >= 4 is 0 Å². The molecule has 2 bridgehead atoms. The summed E-state index contributed by atoms with van der Waals surface area (Å²) in [4.78, 5) is 0. The van der Waals surface area contributed by atoms with Crippen molar-refractivity contribution in [3.05, 3.63) is 0 Å². The average Bonchev–Trinajstić information content (AvgIpc) is 2.50. The van der Waals surface area contributed by atoms with Crippen molar-refractivity contribution in [3.8, 4) is 0 Å². The van der Waals surface area contributed by atoms with E-state index >= 15 is 0 Å². The first-order valence-electron chi connectivity index (χ1n) is 6.97. The fraction of sp³-hybridized carbons (Fsp3) is 1.00. The molecule has 84 valence electrons. The molecule has 4 aliphatic rings. The highest BCUT2D eigenvalue weighted by molar-refractivity contribution is 5.22. The fourth-order valence-electron chi connectivity index (χ4n) is 6.73. The van der Waals surface area contributed by atoms with E-state index in [1.54, 1.807) is 12.8 Å². The second-order valence-electron chi connectivity index (χ2n) is 7.92. The molecule has 0 nitrogen and oxygen atoms in total. The van der Waals surface area contributed by atoms with Gasteiger partial charge in [0, 0.05) is 0 Å². The van der Waals surface area contributed by atoms with Crippen molar-refractivity contribution < 1.29 is 0 Å². The highest BCUT2D eigenvalue weighted by Gasteiger charge is 2.74. The van der Waals surface area contributed by atoms with Crippen LogP contribution in [0.2, 0.25) is 0 Å². The van der Waals surface area contributed by atoms with E-state index in [4.69, 9.17) is 0 Å². The zero-order valence-electron chi connectivity index (χ0n) is 10.6. The van der Waals surface area contributed by atoms with Crippen LogP contribution in [0.25, 0.3) is 0 Å². The van der Waals surface area contributed by atoms with Gasteiger partial charge in [-0.3, -0.25) is 0 Å². The van der Waals surface area contributed by atoms with Gasteiger partial charge in [-0.1, -0.05) is 27.7 Å². The highest BCUT2D eigenvalue weighted by Crippen LogP contribution is 2.80. The van der Waals surface area contributed by atoms with Crippen molar-refractivity contribution in [2.75, 3.05) is 0 Å². The average molecular weight is 204 g/mol. The summed E-state index contributed by atoms with van der Waals surface area (Å²) in [6.45, 7) is 10.3. The maximum Gasteiger partial charge on any atom is -0.0235 e. The van der Waals surface area contributed by atoms with Crippen LogP contribution >= 0.6 is 0 Å². The van der Waals surface area contributed by atoms with Crippen LogP contribution in [0, 0.1) is 46.3 Å². The Kier molecular flexibility index (Phi) is 1.31. The molecule has 0 heteroatoms. The van der Waals surface area contributed by atoms with E-state index in [9.17, 15) is 0 Å². The molecular formula is C15H24. The highest BCUT2D eigenvalue weighted by atomic mass is 14.8. The van der Waals surface area contributed by atoms with Crippen molar-refractivity contribution in [2.24, 2.45) is 46.3 Å². The van der Waals surface area contributed by atoms with Crippen LogP contribution in [-0.2, 0) is 0 Å². The molecule has 0 saturated heterocycles. The lowest BCUT2D eigenvalue weighted by atomic mass is 9.45. The normalized spacial score (nSPS) is 68.0. The maximum absolute atomic E-state index is 2.63. The van der Waals surface area contributed by atoms with E-state index < -0.39 is 0 Å². The van der Waals surface area contributed by atoms with Gasteiger partial charge in [0.2, 0.25) is 0 Å². The van der Waals surface area contributed by atoms with Crippen LogP contribution in [0.15, 0.2) is 0 Å². The van der Waals surface area contributed by atoms with Crippen molar-refractivity contribution in [1.82, 2.24) is 0 Å². The van der Waals surface area contributed by atoms with E-state index in [0.717, 1.165) is 35.5 Å². The number of fused-ring (bicyclic) bond motifs is 2. The zero-order chi connectivity index (χ0) is 10.6. The quantitative estimate of drug-likeness (QED) is 0.560. The standard InChI is InChI=1S/C15H24/c1-8-7-15(4)13-11-6-9(14(15,2)3)5-10(11)12(8)13/h8-13H,5-7H2,1-4H3. The first-order valence-corrected chi connectivity index (χ1v) is 6.97. The summed E-state index contributed by atoms with van der Waals surface area (Å²) >= 11 is 0. The Balaban J connectivity index is 1.90. The van der Waals surface area contributed by atoms with Gasteiger partial charge in [0.25, 0.3) is 0 Å². The van der Waals surface area contributed by atoms with Gasteiger partial charge in [-0.25, -0.2) is 0 Å². The third-order valence-electron chi connectivity index (χ3n) is 7.67. The second kappa shape index (κ2) is 2.17. The summed E-state index contributed by atoms with van der Waals surface area (Å²) in [7, 11) is 0. The van der Waals surface area contributed by atoms with Crippen LogP contribution < -0.4 is 0 Å². The Morgan fingerprint density at radius 3 is 2.40 bits per heavy atom. The Labute approximate surface area is 93.8 Å². The summed E-state index contributed by atoms with van der Waals surface area (Å²) in [5.74, 6) is 6.64. The lowest BCUT2D eigenvalue weighted by Crippen LogP contribution is -2.54. The lowest BCUT2D eigenvalue weighted by Gasteiger charge is -2.59. The third kappa shape index (κ3) is 0.691. The van der Waals surface area contributed by atoms with Crippen LogP contribution in [0.4, 0.5) is 0 Å². The summed E-state index contributed by atoms with van der Waals surface area (Å²) in [6, 6.07) is 0. The van der Waals surface area contributed by atoms with Gasteiger partial charge >= 0.3 is 0 Å². The minimum Gasteiger partial charge on any atom is -0.0622 e. The van der Waals surface area contributed by atoms with Crippen molar-refractivity contribution in [1.29, 1.82) is 0 Å². The number of hydrogen-bond donors (Lipinski definition) is 0. The maximum atomic E-state index is 2.63. The predicted octanol–water partition coefficient (Wildman–Crippen LogP) is 3.96. The van der Waals surface area contributed by atoms with Crippen LogP contribution in [0.5, 0.6) is 0 Å². The van der Waals surface area contributed by atoms with E-state index in [-0.39, 0.29) is 0 Å². The van der Waals surface area contributed by atoms with Gasteiger partial charge in [0.05, 0.1) is 0 Å². The molecule has 0 heterocycles. The first-order chi connectivity index (χ1) is 6.97. The molecule has 0 N–H and O–H groups in total. The summed E-state index contributed by atoms with van der Waals surface area (Å²) in [5.41, 5.74) is 1.32. The zero-order valence-corrected chi connectivity index (χ0v) is 10.6. The van der Waals surface area contributed by atoms with E-state index in [2.05, 4.69) is 27.7 Å². The SMILES string of the molecule is CC1CC2(C)C3C4CC(CC4C13)C2(C)C. The monoisotopic (exact) mass is 204 g/mol.